The normalized spacial score (nSPS) is 17.6. The van der Waals surface area contributed by atoms with Gasteiger partial charge in [-0.3, -0.25) is 4.79 Å². The van der Waals surface area contributed by atoms with Crippen molar-refractivity contribution in [1.29, 1.82) is 0 Å². The predicted octanol–water partition coefficient (Wildman–Crippen LogP) is 4.47. The molecule has 21 heavy (non-hydrogen) atoms. The van der Waals surface area contributed by atoms with Crippen molar-refractivity contribution < 1.29 is 4.79 Å². The lowest BCUT2D eigenvalue weighted by Crippen LogP contribution is -2.33. The highest BCUT2D eigenvalue weighted by molar-refractivity contribution is 9.10. The Morgan fingerprint density at radius 2 is 2.05 bits per heavy atom. The van der Waals surface area contributed by atoms with Crippen molar-refractivity contribution in [3.63, 3.8) is 0 Å². The molecule has 2 aromatic rings. The van der Waals surface area contributed by atoms with Crippen LogP contribution >= 0.6 is 27.5 Å². The molecule has 5 heteroatoms. The van der Waals surface area contributed by atoms with E-state index in [9.17, 15) is 4.79 Å². The molecule has 1 aliphatic heterocycles. The molecule has 0 saturated heterocycles. The number of halogens is 2. The zero-order valence-electron chi connectivity index (χ0n) is 11.2. The lowest BCUT2D eigenvalue weighted by Gasteiger charge is -2.17. The van der Waals surface area contributed by atoms with Gasteiger partial charge in [-0.05, 0) is 42.7 Å². The van der Waals surface area contributed by atoms with Gasteiger partial charge in [-0.15, -0.1) is 0 Å². The van der Waals surface area contributed by atoms with Gasteiger partial charge < -0.3 is 10.6 Å². The van der Waals surface area contributed by atoms with Gasteiger partial charge in [0, 0.05) is 10.2 Å². The molecule has 3 nitrogen and oxygen atoms in total. The first-order chi connectivity index (χ1) is 10.1. The van der Waals surface area contributed by atoms with E-state index in [2.05, 4.69) is 26.6 Å². The number of amides is 1. The minimum Gasteiger partial charge on any atom is -0.372 e. The van der Waals surface area contributed by atoms with Crippen LogP contribution in [0.1, 0.15) is 12.0 Å². The number of fused-ring (bicyclic) bond motifs is 1. The van der Waals surface area contributed by atoms with Crippen LogP contribution in [-0.2, 0) is 11.2 Å². The molecule has 2 N–H and O–H groups in total. The quantitative estimate of drug-likeness (QED) is 0.824. The first-order valence-electron chi connectivity index (χ1n) is 6.74. The Bertz CT molecular complexity index is 690. The van der Waals surface area contributed by atoms with Crippen LogP contribution in [0.15, 0.2) is 46.9 Å². The molecule has 1 amide bonds. The van der Waals surface area contributed by atoms with Gasteiger partial charge in [0.1, 0.15) is 6.04 Å². The molecule has 0 fully saturated rings. The Morgan fingerprint density at radius 3 is 2.90 bits per heavy atom. The number of hydrogen-bond acceptors (Lipinski definition) is 2. The third kappa shape index (κ3) is 3.22. The molecular weight excluding hydrogens is 352 g/mol. The SMILES string of the molecule is O=C1Nc2ccccc2CCC1Nc1cc(Br)ccc1Cl. The van der Waals surface area contributed by atoms with Crippen molar-refractivity contribution in [2.45, 2.75) is 18.9 Å². The van der Waals surface area contributed by atoms with Crippen molar-refractivity contribution in [2.75, 3.05) is 10.6 Å². The van der Waals surface area contributed by atoms with Crippen LogP contribution in [0.3, 0.4) is 0 Å². The molecule has 0 aliphatic carbocycles. The van der Waals surface area contributed by atoms with Gasteiger partial charge in [-0.2, -0.15) is 0 Å². The molecule has 108 valence electrons. The van der Waals surface area contributed by atoms with Gasteiger partial charge in [0.25, 0.3) is 0 Å². The average molecular weight is 366 g/mol. The predicted molar refractivity (Wildman–Crippen MR) is 90.0 cm³/mol. The number of rotatable bonds is 2. The maximum atomic E-state index is 12.3. The summed E-state index contributed by atoms with van der Waals surface area (Å²) in [5.74, 6) is -0.0315. The summed E-state index contributed by atoms with van der Waals surface area (Å²) in [4.78, 5) is 12.3. The van der Waals surface area contributed by atoms with Gasteiger partial charge >= 0.3 is 0 Å². The van der Waals surface area contributed by atoms with Crippen molar-refractivity contribution in [2.24, 2.45) is 0 Å². The largest absolute Gasteiger partial charge is 0.372 e. The summed E-state index contributed by atoms with van der Waals surface area (Å²) in [5.41, 5.74) is 2.82. The zero-order chi connectivity index (χ0) is 14.8. The van der Waals surface area contributed by atoms with E-state index in [0.717, 1.165) is 34.3 Å². The van der Waals surface area contributed by atoms with Gasteiger partial charge in [-0.25, -0.2) is 0 Å². The third-order valence-corrected chi connectivity index (χ3v) is 4.38. The number of carbonyl (C=O) groups is 1. The van der Waals surface area contributed by atoms with Crippen molar-refractivity contribution in [3.8, 4) is 0 Å². The van der Waals surface area contributed by atoms with Gasteiger partial charge in [0.2, 0.25) is 5.91 Å². The first kappa shape index (κ1) is 14.4. The summed E-state index contributed by atoms with van der Waals surface area (Å²) >= 11 is 9.59. The van der Waals surface area contributed by atoms with E-state index >= 15 is 0 Å². The number of nitrogens with one attached hydrogen (secondary N) is 2. The van der Waals surface area contributed by atoms with Crippen LogP contribution in [-0.4, -0.2) is 11.9 Å². The van der Waals surface area contributed by atoms with Crippen LogP contribution in [0.4, 0.5) is 11.4 Å². The molecule has 0 bridgehead atoms. The lowest BCUT2D eigenvalue weighted by atomic mass is 10.1. The fourth-order valence-electron chi connectivity index (χ4n) is 2.44. The van der Waals surface area contributed by atoms with E-state index in [1.807, 2.05) is 36.4 Å². The number of carbonyl (C=O) groups excluding carboxylic acids is 1. The monoisotopic (exact) mass is 364 g/mol. The van der Waals surface area contributed by atoms with Crippen molar-refractivity contribution in [1.82, 2.24) is 0 Å². The molecule has 0 spiro atoms. The van der Waals surface area contributed by atoms with E-state index in [4.69, 9.17) is 11.6 Å². The second-order valence-electron chi connectivity index (χ2n) is 5.01. The van der Waals surface area contributed by atoms with Gasteiger partial charge in [0.15, 0.2) is 0 Å². The summed E-state index contributed by atoms with van der Waals surface area (Å²) in [6.07, 6.45) is 1.57. The van der Waals surface area contributed by atoms with E-state index in [0.29, 0.717) is 5.02 Å². The molecule has 0 radical (unpaired) electrons. The fourth-order valence-corrected chi connectivity index (χ4v) is 2.98. The average Bonchev–Trinajstić information content (AvgIpc) is 2.62. The number of hydrogen-bond donors (Lipinski definition) is 2. The Balaban J connectivity index is 1.81. The number of benzene rings is 2. The fraction of sp³-hybridized carbons (Fsp3) is 0.188. The molecule has 1 aliphatic rings. The molecular formula is C16H14BrClN2O. The summed E-state index contributed by atoms with van der Waals surface area (Å²) in [7, 11) is 0. The number of para-hydroxylation sites is 1. The lowest BCUT2D eigenvalue weighted by molar-refractivity contribution is -0.116. The molecule has 2 aromatic carbocycles. The van der Waals surface area contributed by atoms with Crippen LogP contribution in [0.5, 0.6) is 0 Å². The summed E-state index contributed by atoms with van der Waals surface area (Å²) in [6.45, 7) is 0. The molecule has 0 aromatic heterocycles. The van der Waals surface area contributed by atoms with Crippen LogP contribution < -0.4 is 10.6 Å². The smallest absolute Gasteiger partial charge is 0.246 e. The van der Waals surface area contributed by atoms with Crippen LogP contribution in [0, 0.1) is 0 Å². The van der Waals surface area contributed by atoms with E-state index < -0.39 is 0 Å². The van der Waals surface area contributed by atoms with Crippen LogP contribution in [0.25, 0.3) is 0 Å². The molecule has 1 unspecified atom stereocenters. The highest BCUT2D eigenvalue weighted by Crippen LogP contribution is 2.28. The zero-order valence-corrected chi connectivity index (χ0v) is 13.5. The molecule has 0 saturated carbocycles. The van der Waals surface area contributed by atoms with Gasteiger partial charge in [-0.1, -0.05) is 45.7 Å². The first-order valence-corrected chi connectivity index (χ1v) is 7.91. The number of anilines is 2. The van der Waals surface area contributed by atoms with Crippen LogP contribution in [0.2, 0.25) is 5.02 Å². The van der Waals surface area contributed by atoms with E-state index in [1.54, 1.807) is 6.07 Å². The maximum Gasteiger partial charge on any atom is 0.246 e. The van der Waals surface area contributed by atoms with Gasteiger partial charge in [0.05, 0.1) is 10.7 Å². The van der Waals surface area contributed by atoms with Crippen molar-refractivity contribution in [3.05, 3.63) is 57.5 Å². The van der Waals surface area contributed by atoms with Crippen molar-refractivity contribution >= 4 is 44.8 Å². The highest BCUT2D eigenvalue weighted by Gasteiger charge is 2.23. The Morgan fingerprint density at radius 1 is 1.24 bits per heavy atom. The minimum atomic E-state index is -0.302. The Labute approximate surface area is 136 Å². The highest BCUT2D eigenvalue weighted by atomic mass is 79.9. The second kappa shape index (κ2) is 6.08. The summed E-state index contributed by atoms with van der Waals surface area (Å²) < 4.78 is 0.923. The summed E-state index contributed by atoms with van der Waals surface area (Å²) in [5, 5.41) is 6.82. The molecule has 1 atom stereocenters. The Kier molecular flexibility index (Phi) is 4.17. The number of aryl methyl sites for hydroxylation is 1. The molecule has 1 heterocycles. The maximum absolute atomic E-state index is 12.3. The molecule has 3 rings (SSSR count). The standard InChI is InChI=1S/C16H14BrClN2O/c17-11-6-7-12(18)15(9-11)19-14-8-5-10-3-1-2-4-13(10)20-16(14)21/h1-4,6-7,9,14,19H,5,8H2,(H,20,21). The van der Waals surface area contributed by atoms with E-state index in [-0.39, 0.29) is 11.9 Å². The topological polar surface area (TPSA) is 41.1 Å². The van der Waals surface area contributed by atoms with E-state index in [1.165, 1.54) is 0 Å². The second-order valence-corrected chi connectivity index (χ2v) is 6.33. The minimum absolute atomic E-state index is 0.0315. The summed E-state index contributed by atoms with van der Waals surface area (Å²) in [6, 6.07) is 13.2. The third-order valence-electron chi connectivity index (χ3n) is 3.55. The Hall–Kier alpha value is -1.52.